The molecule has 39 heavy (non-hydrogen) atoms. The molecule has 1 atom stereocenters. The van der Waals surface area contributed by atoms with Gasteiger partial charge in [0.2, 0.25) is 5.95 Å². The Hall–Kier alpha value is -4.75. The Kier molecular flexibility index (Phi) is 8.53. The van der Waals surface area contributed by atoms with Crippen LogP contribution in [0.1, 0.15) is 11.1 Å². The summed E-state index contributed by atoms with van der Waals surface area (Å²) >= 11 is -2.19. The zero-order valence-electron chi connectivity index (χ0n) is 20.9. The van der Waals surface area contributed by atoms with Crippen molar-refractivity contribution >= 4 is 34.2 Å². The van der Waals surface area contributed by atoms with Crippen molar-refractivity contribution in [2.75, 3.05) is 37.0 Å². The highest BCUT2D eigenvalue weighted by molar-refractivity contribution is 7.79. The van der Waals surface area contributed by atoms with Crippen LogP contribution in [0.4, 0.5) is 23.1 Å². The van der Waals surface area contributed by atoms with E-state index in [0.29, 0.717) is 47.1 Å². The molecule has 13 heteroatoms. The number of hydrogen-bond acceptors (Lipinski definition) is 10. The summed E-state index contributed by atoms with van der Waals surface area (Å²) in [6, 6.07) is 16.3. The van der Waals surface area contributed by atoms with E-state index in [1.807, 2.05) is 12.1 Å². The molecule has 0 radical (unpaired) electrons. The summed E-state index contributed by atoms with van der Waals surface area (Å²) in [5.41, 5.74) is 15.1. The maximum atomic E-state index is 11.6. The molecule has 0 amide bonds. The first-order valence-electron chi connectivity index (χ1n) is 11.7. The number of rotatable bonds is 11. The van der Waals surface area contributed by atoms with Gasteiger partial charge in [-0.15, -0.1) is 0 Å². The van der Waals surface area contributed by atoms with Crippen LogP contribution >= 0.6 is 0 Å². The third kappa shape index (κ3) is 6.77. The molecule has 202 valence electrons. The lowest BCUT2D eigenvalue weighted by atomic mass is 10.0. The van der Waals surface area contributed by atoms with Crippen molar-refractivity contribution in [1.29, 1.82) is 0 Å². The third-order valence-electron chi connectivity index (χ3n) is 5.80. The molecule has 6 N–H and O–H groups in total. The van der Waals surface area contributed by atoms with Crippen LogP contribution in [0, 0.1) is 10.1 Å². The summed E-state index contributed by atoms with van der Waals surface area (Å²) in [6.07, 6.45) is 2.06. The SMILES string of the molecule is COc1ccc(Cc2cnc(N)nc2N)cc1OCCNc1ccc(S(=O)O)cc1-c1ccc([N+](=O)[O-])cc1. The molecule has 4 aromatic rings. The van der Waals surface area contributed by atoms with Crippen molar-refractivity contribution in [3.63, 3.8) is 0 Å². The summed E-state index contributed by atoms with van der Waals surface area (Å²) < 4.78 is 32.6. The topological polar surface area (TPSA) is 189 Å². The molecule has 0 bridgehead atoms. The highest BCUT2D eigenvalue weighted by atomic mass is 32.2. The van der Waals surface area contributed by atoms with Gasteiger partial charge in [-0.1, -0.05) is 6.07 Å². The Labute approximate surface area is 226 Å². The van der Waals surface area contributed by atoms with Gasteiger partial charge in [-0.25, -0.2) is 9.19 Å². The number of aromatic nitrogens is 2. The minimum atomic E-state index is -2.19. The number of nitro groups is 1. The fourth-order valence-corrected chi connectivity index (χ4v) is 4.27. The highest BCUT2D eigenvalue weighted by Crippen LogP contribution is 2.32. The summed E-state index contributed by atoms with van der Waals surface area (Å²) in [7, 11) is 1.55. The second-order valence-electron chi connectivity index (χ2n) is 8.34. The quantitative estimate of drug-likeness (QED) is 0.0917. The van der Waals surface area contributed by atoms with Gasteiger partial charge in [0, 0.05) is 48.1 Å². The smallest absolute Gasteiger partial charge is 0.269 e. The number of benzene rings is 3. The van der Waals surface area contributed by atoms with Crippen LogP contribution in [0.3, 0.4) is 0 Å². The number of nitrogens with two attached hydrogens (primary N) is 2. The lowest BCUT2D eigenvalue weighted by molar-refractivity contribution is -0.384. The van der Waals surface area contributed by atoms with Gasteiger partial charge in [0.1, 0.15) is 12.4 Å². The maximum absolute atomic E-state index is 11.6. The van der Waals surface area contributed by atoms with E-state index < -0.39 is 16.0 Å². The highest BCUT2D eigenvalue weighted by Gasteiger charge is 2.13. The van der Waals surface area contributed by atoms with Crippen LogP contribution in [0.2, 0.25) is 0 Å². The molecule has 3 aromatic carbocycles. The van der Waals surface area contributed by atoms with E-state index >= 15 is 0 Å². The van der Waals surface area contributed by atoms with Gasteiger partial charge in [0.05, 0.1) is 16.9 Å². The Morgan fingerprint density at radius 1 is 1.08 bits per heavy atom. The Morgan fingerprint density at radius 3 is 2.51 bits per heavy atom. The van der Waals surface area contributed by atoms with Crippen molar-refractivity contribution in [2.45, 2.75) is 11.3 Å². The number of nitrogens with zero attached hydrogens (tertiary/aromatic N) is 3. The third-order valence-corrected chi connectivity index (χ3v) is 6.45. The molecule has 0 fully saturated rings. The predicted octanol–water partition coefficient (Wildman–Crippen LogP) is 3.89. The summed E-state index contributed by atoms with van der Waals surface area (Å²) in [6.45, 7) is 0.647. The summed E-state index contributed by atoms with van der Waals surface area (Å²) in [5, 5.41) is 14.3. The summed E-state index contributed by atoms with van der Waals surface area (Å²) in [5.74, 6) is 1.51. The predicted molar refractivity (Wildman–Crippen MR) is 148 cm³/mol. The molecular weight excluding hydrogens is 524 g/mol. The molecule has 0 aliphatic rings. The molecule has 1 unspecified atom stereocenters. The molecule has 1 aromatic heterocycles. The van der Waals surface area contributed by atoms with E-state index in [1.54, 1.807) is 43.6 Å². The molecule has 4 rings (SSSR count). The van der Waals surface area contributed by atoms with E-state index in [9.17, 15) is 18.9 Å². The lowest BCUT2D eigenvalue weighted by Gasteiger charge is -2.16. The van der Waals surface area contributed by atoms with E-state index in [-0.39, 0.29) is 23.1 Å². The Morgan fingerprint density at radius 2 is 1.85 bits per heavy atom. The van der Waals surface area contributed by atoms with Gasteiger partial charge >= 0.3 is 0 Å². The van der Waals surface area contributed by atoms with Crippen LogP contribution in [-0.4, -0.2) is 43.9 Å². The second kappa shape index (κ2) is 12.2. The molecule has 12 nitrogen and oxygen atoms in total. The fraction of sp³-hybridized carbons (Fsp3) is 0.154. The van der Waals surface area contributed by atoms with Crippen molar-refractivity contribution < 1.29 is 23.2 Å². The van der Waals surface area contributed by atoms with E-state index in [0.717, 1.165) is 11.1 Å². The van der Waals surface area contributed by atoms with E-state index in [1.165, 1.54) is 18.2 Å². The average molecular weight is 551 g/mol. The van der Waals surface area contributed by atoms with E-state index in [4.69, 9.17) is 20.9 Å². The number of methoxy groups -OCH3 is 1. The maximum Gasteiger partial charge on any atom is 0.269 e. The van der Waals surface area contributed by atoms with Gasteiger partial charge in [0.25, 0.3) is 5.69 Å². The van der Waals surface area contributed by atoms with Crippen LogP contribution in [0.15, 0.2) is 71.8 Å². The molecule has 0 spiro atoms. The van der Waals surface area contributed by atoms with Gasteiger partial charge < -0.3 is 30.8 Å². The molecule has 0 aliphatic carbocycles. The van der Waals surface area contributed by atoms with Crippen LogP contribution in [0.5, 0.6) is 11.5 Å². The number of non-ortho nitro benzene ring substituents is 1. The first-order valence-corrected chi connectivity index (χ1v) is 12.8. The zero-order chi connectivity index (χ0) is 27.9. The zero-order valence-corrected chi connectivity index (χ0v) is 21.7. The lowest BCUT2D eigenvalue weighted by Crippen LogP contribution is -2.13. The first-order chi connectivity index (χ1) is 18.7. The van der Waals surface area contributed by atoms with E-state index in [2.05, 4.69) is 15.3 Å². The van der Waals surface area contributed by atoms with Crippen molar-refractivity contribution in [1.82, 2.24) is 9.97 Å². The number of ether oxygens (including phenoxy) is 2. The monoisotopic (exact) mass is 550 g/mol. The van der Waals surface area contributed by atoms with Crippen molar-refractivity contribution in [2.24, 2.45) is 0 Å². The van der Waals surface area contributed by atoms with Gasteiger partial charge in [-0.3, -0.25) is 10.1 Å². The second-order valence-corrected chi connectivity index (χ2v) is 9.31. The molecular formula is C26H26N6O6S. The minimum Gasteiger partial charge on any atom is -0.493 e. The largest absolute Gasteiger partial charge is 0.493 e. The van der Waals surface area contributed by atoms with Gasteiger partial charge in [0.15, 0.2) is 22.6 Å². The number of nitrogen functional groups attached to an aromatic ring is 2. The standard InChI is InChI=1S/C26H26N6O6S/c1-37-23-9-2-16(12-18-15-30-26(28)31-25(18)27)13-24(23)38-11-10-29-22-8-7-20(39(35)36)14-21(22)17-3-5-19(6-4-17)32(33)34/h2-9,13-15,29H,10-12H2,1H3,(H,35,36)(H4,27,28,30,31). The van der Waals surface area contributed by atoms with Crippen molar-refractivity contribution in [3.8, 4) is 22.6 Å². The van der Waals surface area contributed by atoms with Gasteiger partial charge in [-0.05, 0) is 53.6 Å². The minimum absolute atomic E-state index is 0.0497. The van der Waals surface area contributed by atoms with Crippen LogP contribution in [0.25, 0.3) is 11.1 Å². The number of anilines is 3. The van der Waals surface area contributed by atoms with Gasteiger partial charge in [-0.2, -0.15) is 4.98 Å². The summed E-state index contributed by atoms with van der Waals surface area (Å²) in [4.78, 5) is 18.7. The molecule has 1 heterocycles. The Balaban J connectivity index is 1.47. The van der Waals surface area contributed by atoms with Crippen LogP contribution < -0.4 is 26.3 Å². The first kappa shape index (κ1) is 27.3. The molecule has 0 aliphatic heterocycles. The fourth-order valence-electron chi connectivity index (χ4n) is 3.87. The van der Waals surface area contributed by atoms with Crippen molar-refractivity contribution in [3.05, 3.63) is 88.1 Å². The number of nitro benzene ring substituents is 1. The number of nitrogens with one attached hydrogen (secondary N) is 1. The molecule has 0 saturated heterocycles. The van der Waals surface area contributed by atoms with Crippen LogP contribution in [-0.2, 0) is 17.5 Å². The normalized spacial score (nSPS) is 11.5. The molecule has 0 saturated carbocycles. The number of hydrogen-bond donors (Lipinski definition) is 4. The Bertz CT molecular complexity index is 1520. The average Bonchev–Trinajstić information content (AvgIpc) is 2.92.